The molecule has 1 unspecified atom stereocenters. The van der Waals surface area contributed by atoms with Crippen molar-refractivity contribution in [3.05, 3.63) is 35.5 Å². The Morgan fingerprint density at radius 2 is 2.15 bits per heavy atom. The van der Waals surface area contributed by atoms with E-state index in [-0.39, 0.29) is 5.82 Å². The van der Waals surface area contributed by atoms with E-state index in [0.717, 1.165) is 24.8 Å². The number of hydrogen-bond acceptors (Lipinski definition) is 4. The van der Waals surface area contributed by atoms with E-state index in [1.807, 2.05) is 6.92 Å². The highest BCUT2D eigenvalue weighted by Crippen LogP contribution is 2.22. The van der Waals surface area contributed by atoms with Crippen molar-refractivity contribution in [3.8, 4) is 11.4 Å². The molecule has 0 aliphatic carbocycles. The zero-order valence-corrected chi connectivity index (χ0v) is 11.9. The summed E-state index contributed by atoms with van der Waals surface area (Å²) >= 11 is 0. The van der Waals surface area contributed by atoms with Crippen LogP contribution < -0.4 is 5.73 Å². The summed E-state index contributed by atoms with van der Waals surface area (Å²) in [6.07, 6.45) is 2.67. The molecule has 0 radical (unpaired) electrons. The minimum Gasteiger partial charge on any atom is -0.339 e. The maximum atomic E-state index is 13.3. The molecule has 0 saturated heterocycles. The monoisotopic (exact) mass is 277 g/mol. The van der Waals surface area contributed by atoms with Crippen LogP contribution in [0.25, 0.3) is 11.4 Å². The van der Waals surface area contributed by atoms with Crippen molar-refractivity contribution in [2.75, 3.05) is 6.54 Å². The molecule has 20 heavy (non-hydrogen) atoms. The number of hydrogen-bond donors (Lipinski definition) is 1. The first-order valence-corrected chi connectivity index (χ1v) is 6.89. The van der Waals surface area contributed by atoms with Gasteiger partial charge in [0.25, 0.3) is 0 Å². The third-order valence-electron chi connectivity index (χ3n) is 3.42. The molecule has 0 bridgehead atoms. The lowest BCUT2D eigenvalue weighted by molar-refractivity contribution is 0.362. The zero-order chi connectivity index (χ0) is 14.5. The molecule has 0 saturated carbocycles. The molecule has 4 nitrogen and oxygen atoms in total. The van der Waals surface area contributed by atoms with Crippen LogP contribution in [0.1, 0.15) is 31.2 Å². The molecule has 0 fully saturated rings. The molecule has 1 aromatic heterocycles. The smallest absolute Gasteiger partial charge is 0.226 e. The van der Waals surface area contributed by atoms with Crippen molar-refractivity contribution in [1.29, 1.82) is 0 Å². The van der Waals surface area contributed by atoms with Crippen LogP contribution in [0.15, 0.2) is 22.7 Å². The molecule has 0 aliphatic heterocycles. The molecule has 1 heterocycles. The van der Waals surface area contributed by atoms with Crippen LogP contribution in [0, 0.1) is 18.7 Å². The van der Waals surface area contributed by atoms with E-state index in [0.29, 0.717) is 29.7 Å². The Labute approximate surface area is 118 Å². The molecule has 0 amide bonds. The fourth-order valence-electron chi connectivity index (χ4n) is 2.10. The van der Waals surface area contributed by atoms with E-state index >= 15 is 0 Å². The van der Waals surface area contributed by atoms with Gasteiger partial charge in [-0.05, 0) is 49.9 Å². The number of nitrogens with zero attached hydrogens (tertiary/aromatic N) is 2. The minimum absolute atomic E-state index is 0.298. The highest BCUT2D eigenvalue weighted by atomic mass is 19.1. The summed E-state index contributed by atoms with van der Waals surface area (Å²) in [6.45, 7) is 4.74. The maximum Gasteiger partial charge on any atom is 0.226 e. The molecular weight excluding hydrogens is 257 g/mol. The van der Waals surface area contributed by atoms with Crippen LogP contribution in [0.3, 0.4) is 0 Å². The van der Waals surface area contributed by atoms with E-state index in [9.17, 15) is 4.39 Å². The number of rotatable bonds is 6. The lowest BCUT2D eigenvalue weighted by Crippen LogP contribution is -2.06. The normalized spacial score (nSPS) is 12.6. The highest BCUT2D eigenvalue weighted by molar-refractivity contribution is 5.59. The second kappa shape index (κ2) is 6.61. The highest BCUT2D eigenvalue weighted by Gasteiger charge is 2.12. The van der Waals surface area contributed by atoms with Crippen molar-refractivity contribution in [1.82, 2.24) is 10.1 Å². The summed E-state index contributed by atoms with van der Waals surface area (Å²) in [7, 11) is 0. The molecule has 0 aliphatic rings. The van der Waals surface area contributed by atoms with Gasteiger partial charge in [-0.1, -0.05) is 18.1 Å². The summed E-state index contributed by atoms with van der Waals surface area (Å²) in [5.41, 5.74) is 7.12. The van der Waals surface area contributed by atoms with Gasteiger partial charge in [0.1, 0.15) is 5.82 Å². The average Bonchev–Trinajstić information content (AvgIpc) is 2.88. The third-order valence-corrected chi connectivity index (χ3v) is 3.42. The standard InChI is InChI=1S/C15H20FN3O/c1-10(7-8-17)3-6-14-18-15(19-20-14)13-9-12(16)5-4-11(13)2/h4-5,9-10H,3,6-8,17H2,1-2H3. The van der Waals surface area contributed by atoms with Crippen molar-refractivity contribution >= 4 is 0 Å². The van der Waals surface area contributed by atoms with Gasteiger partial charge in [-0.3, -0.25) is 0 Å². The van der Waals surface area contributed by atoms with Gasteiger partial charge >= 0.3 is 0 Å². The Hall–Kier alpha value is -1.75. The Balaban J connectivity index is 2.07. The summed E-state index contributed by atoms with van der Waals surface area (Å²) in [5.74, 6) is 1.27. The van der Waals surface area contributed by atoms with E-state index < -0.39 is 0 Å². The van der Waals surface area contributed by atoms with Crippen LogP contribution in [0.2, 0.25) is 0 Å². The SMILES string of the molecule is Cc1ccc(F)cc1-c1noc(CCC(C)CCN)n1. The zero-order valence-electron chi connectivity index (χ0n) is 11.9. The van der Waals surface area contributed by atoms with Gasteiger partial charge < -0.3 is 10.3 Å². The van der Waals surface area contributed by atoms with Gasteiger partial charge in [0.05, 0.1) is 0 Å². The summed E-state index contributed by atoms with van der Waals surface area (Å²) in [6, 6.07) is 4.57. The fourth-order valence-corrected chi connectivity index (χ4v) is 2.10. The third kappa shape index (κ3) is 3.63. The fraction of sp³-hybridized carbons (Fsp3) is 0.467. The number of benzene rings is 1. The Kier molecular flexibility index (Phi) is 4.84. The molecule has 1 atom stereocenters. The van der Waals surface area contributed by atoms with Crippen LogP contribution in [-0.2, 0) is 6.42 Å². The van der Waals surface area contributed by atoms with Crippen molar-refractivity contribution in [2.24, 2.45) is 11.7 Å². The van der Waals surface area contributed by atoms with Crippen molar-refractivity contribution < 1.29 is 8.91 Å². The molecule has 2 N–H and O–H groups in total. The van der Waals surface area contributed by atoms with Gasteiger partial charge in [-0.15, -0.1) is 0 Å². The minimum atomic E-state index is -0.298. The van der Waals surface area contributed by atoms with Crippen LogP contribution in [0.5, 0.6) is 0 Å². The van der Waals surface area contributed by atoms with Crippen LogP contribution in [-0.4, -0.2) is 16.7 Å². The average molecular weight is 277 g/mol. The molecule has 1 aromatic carbocycles. The first kappa shape index (κ1) is 14.7. The Morgan fingerprint density at radius 3 is 2.90 bits per heavy atom. The van der Waals surface area contributed by atoms with Gasteiger partial charge in [-0.2, -0.15) is 4.98 Å². The summed E-state index contributed by atoms with van der Waals surface area (Å²) in [4.78, 5) is 4.34. The number of aryl methyl sites for hydroxylation is 2. The number of halogens is 1. The van der Waals surface area contributed by atoms with Crippen molar-refractivity contribution in [3.63, 3.8) is 0 Å². The lowest BCUT2D eigenvalue weighted by atomic mass is 10.0. The Bertz CT molecular complexity index is 568. The van der Waals surface area contributed by atoms with Crippen LogP contribution >= 0.6 is 0 Å². The molecule has 2 aromatic rings. The molecule has 0 spiro atoms. The van der Waals surface area contributed by atoms with Gasteiger partial charge in [0.2, 0.25) is 11.7 Å². The number of aromatic nitrogens is 2. The van der Waals surface area contributed by atoms with E-state index in [1.165, 1.54) is 12.1 Å². The predicted octanol–water partition coefficient (Wildman–Crippen LogP) is 3.10. The largest absolute Gasteiger partial charge is 0.339 e. The van der Waals surface area contributed by atoms with Crippen LogP contribution in [0.4, 0.5) is 4.39 Å². The van der Waals surface area contributed by atoms with Gasteiger partial charge in [0.15, 0.2) is 0 Å². The Morgan fingerprint density at radius 1 is 1.35 bits per heavy atom. The quantitative estimate of drug-likeness (QED) is 0.881. The van der Waals surface area contributed by atoms with Gasteiger partial charge in [-0.25, -0.2) is 4.39 Å². The number of nitrogens with two attached hydrogens (primary N) is 1. The summed E-state index contributed by atoms with van der Waals surface area (Å²) < 4.78 is 18.5. The first-order valence-electron chi connectivity index (χ1n) is 6.89. The topological polar surface area (TPSA) is 64.9 Å². The van der Waals surface area contributed by atoms with Crippen molar-refractivity contribution in [2.45, 2.75) is 33.1 Å². The molecular formula is C15H20FN3O. The molecule has 108 valence electrons. The second-order valence-corrected chi connectivity index (χ2v) is 5.19. The maximum absolute atomic E-state index is 13.3. The lowest BCUT2D eigenvalue weighted by Gasteiger charge is -2.06. The predicted molar refractivity (Wildman–Crippen MR) is 75.6 cm³/mol. The molecule has 2 rings (SSSR count). The second-order valence-electron chi connectivity index (χ2n) is 5.19. The van der Waals surface area contributed by atoms with E-state index in [2.05, 4.69) is 17.1 Å². The molecule has 5 heteroatoms. The van der Waals surface area contributed by atoms with E-state index in [1.54, 1.807) is 6.07 Å². The summed E-state index contributed by atoms with van der Waals surface area (Å²) in [5, 5.41) is 3.93. The van der Waals surface area contributed by atoms with E-state index in [4.69, 9.17) is 10.3 Å². The first-order chi connectivity index (χ1) is 9.60. The van der Waals surface area contributed by atoms with Gasteiger partial charge in [0, 0.05) is 12.0 Å².